The fourth-order valence-corrected chi connectivity index (χ4v) is 3.97. The van der Waals surface area contributed by atoms with Gasteiger partial charge in [0.15, 0.2) is 5.82 Å². The molecule has 0 amide bonds. The van der Waals surface area contributed by atoms with Gasteiger partial charge in [0.2, 0.25) is 0 Å². The van der Waals surface area contributed by atoms with Gasteiger partial charge in [0.25, 0.3) is 0 Å². The van der Waals surface area contributed by atoms with E-state index in [2.05, 4.69) is 32.2 Å². The van der Waals surface area contributed by atoms with Gasteiger partial charge in [0.1, 0.15) is 0 Å². The van der Waals surface area contributed by atoms with E-state index < -0.39 is 0 Å². The van der Waals surface area contributed by atoms with Gasteiger partial charge in [0, 0.05) is 46.8 Å². The van der Waals surface area contributed by atoms with E-state index in [9.17, 15) is 0 Å². The van der Waals surface area contributed by atoms with Crippen LogP contribution in [0.1, 0.15) is 30.4 Å². The van der Waals surface area contributed by atoms with Crippen LogP contribution < -0.4 is 5.73 Å². The van der Waals surface area contributed by atoms with Crippen molar-refractivity contribution in [1.29, 1.82) is 0 Å². The molecule has 1 aliphatic rings. The van der Waals surface area contributed by atoms with E-state index in [0.717, 1.165) is 35.4 Å². The molecule has 0 atom stereocenters. The minimum atomic E-state index is -0.000745. The number of nitrogens with two attached hydrogens (primary N) is 1. The van der Waals surface area contributed by atoms with Crippen LogP contribution in [-0.2, 0) is 5.41 Å². The first kappa shape index (κ1) is 15.1. The molecule has 1 saturated carbocycles. The van der Waals surface area contributed by atoms with Gasteiger partial charge >= 0.3 is 0 Å². The van der Waals surface area contributed by atoms with Gasteiger partial charge in [-0.2, -0.15) is 0 Å². The zero-order valence-electron chi connectivity index (χ0n) is 14.3. The lowest BCUT2D eigenvalue weighted by Crippen LogP contribution is -2.35. The SMILES string of the molecule is Nc1ccc(-c2ncc(C3(c4c[nH]c5cnccc45)CCC3)cn2)cc1. The predicted octanol–water partition coefficient (Wildman–Crippen LogP) is 4.07. The molecule has 1 aliphatic carbocycles. The number of aromatic nitrogens is 4. The molecule has 3 heterocycles. The molecular weight excluding hydrogens is 322 g/mol. The Labute approximate surface area is 151 Å². The number of fused-ring (bicyclic) bond motifs is 1. The summed E-state index contributed by atoms with van der Waals surface area (Å²) in [5, 5.41) is 1.24. The van der Waals surface area contributed by atoms with E-state index >= 15 is 0 Å². The Morgan fingerprint density at radius 3 is 2.42 bits per heavy atom. The van der Waals surface area contributed by atoms with Crippen molar-refractivity contribution in [2.24, 2.45) is 0 Å². The van der Waals surface area contributed by atoms with Crippen LogP contribution in [0.2, 0.25) is 0 Å². The molecule has 0 aliphatic heterocycles. The van der Waals surface area contributed by atoms with E-state index in [0.29, 0.717) is 0 Å². The summed E-state index contributed by atoms with van der Waals surface area (Å²) in [5.41, 5.74) is 11.1. The lowest BCUT2D eigenvalue weighted by atomic mass is 9.61. The minimum Gasteiger partial charge on any atom is -0.399 e. The maximum Gasteiger partial charge on any atom is 0.159 e. The van der Waals surface area contributed by atoms with E-state index in [1.54, 1.807) is 0 Å². The average Bonchev–Trinajstić information content (AvgIpc) is 3.07. The molecule has 0 spiro atoms. The largest absolute Gasteiger partial charge is 0.399 e. The maximum atomic E-state index is 5.76. The third-order valence-electron chi connectivity index (χ3n) is 5.58. The molecule has 5 heteroatoms. The number of hydrogen-bond donors (Lipinski definition) is 2. The number of benzene rings is 1. The molecule has 128 valence electrons. The van der Waals surface area contributed by atoms with E-state index in [1.165, 1.54) is 22.9 Å². The van der Waals surface area contributed by atoms with Crippen LogP contribution >= 0.6 is 0 Å². The zero-order valence-corrected chi connectivity index (χ0v) is 14.3. The summed E-state index contributed by atoms with van der Waals surface area (Å²) in [5.74, 6) is 0.728. The number of nitrogens with zero attached hydrogens (tertiary/aromatic N) is 3. The van der Waals surface area contributed by atoms with Crippen LogP contribution in [-0.4, -0.2) is 19.9 Å². The second-order valence-corrected chi connectivity index (χ2v) is 6.98. The Morgan fingerprint density at radius 1 is 0.962 bits per heavy atom. The number of hydrogen-bond acceptors (Lipinski definition) is 4. The smallest absolute Gasteiger partial charge is 0.159 e. The molecular formula is C21H19N5. The maximum absolute atomic E-state index is 5.76. The van der Waals surface area contributed by atoms with Crippen LogP contribution in [0, 0.1) is 0 Å². The molecule has 0 radical (unpaired) electrons. The Hall–Kier alpha value is -3.21. The lowest BCUT2D eigenvalue weighted by molar-refractivity contribution is 0.302. The number of anilines is 1. The summed E-state index contributed by atoms with van der Waals surface area (Å²) >= 11 is 0. The van der Waals surface area contributed by atoms with Crippen molar-refractivity contribution in [2.45, 2.75) is 24.7 Å². The van der Waals surface area contributed by atoms with Gasteiger partial charge < -0.3 is 10.7 Å². The summed E-state index contributed by atoms with van der Waals surface area (Å²) in [6.45, 7) is 0. The third-order valence-corrected chi connectivity index (χ3v) is 5.58. The summed E-state index contributed by atoms with van der Waals surface area (Å²) in [4.78, 5) is 16.9. The van der Waals surface area contributed by atoms with Gasteiger partial charge in [-0.25, -0.2) is 9.97 Å². The number of nitrogen functional groups attached to an aromatic ring is 1. The fraction of sp³-hybridized carbons (Fsp3) is 0.190. The third kappa shape index (κ3) is 2.20. The molecule has 26 heavy (non-hydrogen) atoms. The van der Waals surface area contributed by atoms with Gasteiger partial charge in [-0.3, -0.25) is 4.98 Å². The first-order valence-corrected chi connectivity index (χ1v) is 8.86. The molecule has 5 rings (SSSR count). The summed E-state index contributed by atoms with van der Waals surface area (Å²) in [6.07, 6.45) is 13.3. The highest BCUT2D eigenvalue weighted by molar-refractivity contribution is 5.84. The fourth-order valence-electron chi connectivity index (χ4n) is 3.97. The normalized spacial score (nSPS) is 15.7. The monoisotopic (exact) mass is 341 g/mol. The highest BCUT2D eigenvalue weighted by atomic mass is 14.9. The Morgan fingerprint density at radius 2 is 1.73 bits per heavy atom. The molecule has 4 aromatic rings. The molecule has 1 aromatic carbocycles. The number of H-pyrrole nitrogens is 1. The van der Waals surface area contributed by atoms with Crippen molar-refractivity contribution in [3.63, 3.8) is 0 Å². The van der Waals surface area contributed by atoms with E-state index in [-0.39, 0.29) is 5.41 Å². The van der Waals surface area contributed by atoms with Crippen LogP contribution in [0.25, 0.3) is 22.3 Å². The number of nitrogens with one attached hydrogen (secondary N) is 1. The second-order valence-electron chi connectivity index (χ2n) is 6.98. The van der Waals surface area contributed by atoms with Crippen LogP contribution in [0.15, 0.2) is 61.3 Å². The van der Waals surface area contributed by atoms with Gasteiger partial charge in [0.05, 0.1) is 11.7 Å². The van der Waals surface area contributed by atoms with E-state index in [1.807, 2.05) is 49.1 Å². The molecule has 0 unspecified atom stereocenters. The van der Waals surface area contributed by atoms with Crippen molar-refractivity contribution in [3.05, 3.63) is 72.4 Å². The molecule has 3 aromatic heterocycles. The van der Waals surface area contributed by atoms with Gasteiger partial charge in [-0.15, -0.1) is 0 Å². The first-order valence-electron chi connectivity index (χ1n) is 8.86. The van der Waals surface area contributed by atoms with Gasteiger partial charge in [-0.1, -0.05) is 6.42 Å². The van der Waals surface area contributed by atoms with Crippen molar-refractivity contribution < 1.29 is 0 Å². The van der Waals surface area contributed by atoms with E-state index in [4.69, 9.17) is 5.73 Å². The Balaban J connectivity index is 1.56. The van der Waals surface area contributed by atoms with Crippen molar-refractivity contribution in [1.82, 2.24) is 19.9 Å². The molecule has 0 saturated heterocycles. The number of pyridine rings is 1. The number of rotatable bonds is 3. The zero-order chi connectivity index (χ0) is 17.6. The highest BCUT2D eigenvalue weighted by Gasteiger charge is 2.42. The van der Waals surface area contributed by atoms with Crippen LogP contribution in [0.5, 0.6) is 0 Å². The average molecular weight is 341 g/mol. The van der Waals surface area contributed by atoms with Crippen molar-refractivity contribution in [2.75, 3.05) is 5.73 Å². The summed E-state index contributed by atoms with van der Waals surface area (Å²) < 4.78 is 0. The van der Waals surface area contributed by atoms with Crippen molar-refractivity contribution in [3.8, 4) is 11.4 Å². The first-order chi connectivity index (χ1) is 12.8. The quantitative estimate of drug-likeness (QED) is 0.550. The second kappa shape index (κ2) is 5.66. The van der Waals surface area contributed by atoms with Crippen LogP contribution in [0.4, 0.5) is 5.69 Å². The molecule has 5 nitrogen and oxygen atoms in total. The van der Waals surface area contributed by atoms with Crippen LogP contribution in [0.3, 0.4) is 0 Å². The number of aromatic amines is 1. The lowest BCUT2D eigenvalue weighted by Gasteiger charge is -2.42. The van der Waals surface area contributed by atoms with Crippen molar-refractivity contribution >= 4 is 16.6 Å². The topological polar surface area (TPSA) is 80.5 Å². The summed E-state index contributed by atoms with van der Waals surface area (Å²) in [6, 6.07) is 9.75. The predicted molar refractivity (Wildman–Crippen MR) is 103 cm³/mol. The summed E-state index contributed by atoms with van der Waals surface area (Å²) in [7, 11) is 0. The molecule has 0 bridgehead atoms. The van der Waals surface area contributed by atoms with Gasteiger partial charge in [-0.05, 0) is 54.3 Å². The Bertz CT molecular complexity index is 1060. The Kier molecular flexibility index (Phi) is 3.28. The standard InChI is InChI=1S/C21H19N5/c22-16-4-2-14(3-5-16)20-25-10-15(11-26-20)21(7-1-8-21)18-12-24-19-13-23-9-6-17(18)19/h2-6,9-13,24H,1,7-8,22H2. The molecule has 3 N–H and O–H groups in total. The highest BCUT2D eigenvalue weighted by Crippen LogP contribution is 2.50. The molecule has 1 fully saturated rings. The minimum absolute atomic E-state index is 0.000745.